The molecule has 1 N–H and O–H groups in total. The lowest BCUT2D eigenvalue weighted by Crippen LogP contribution is -2.24. The Balaban J connectivity index is 1.97. The third kappa shape index (κ3) is 3.51. The maximum absolute atomic E-state index is 5.17. The maximum atomic E-state index is 5.17. The van der Waals surface area contributed by atoms with Crippen LogP contribution in [0, 0.1) is 0 Å². The first kappa shape index (κ1) is 13.5. The summed E-state index contributed by atoms with van der Waals surface area (Å²) in [6.07, 6.45) is 0.929. The van der Waals surface area contributed by atoms with Crippen LogP contribution in [0.4, 0.5) is 0 Å². The van der Waals surface area contributed by atoms with Crippen LogP contribution in [0.3, 0.4) is 0 Å². The van der Waals surface area contributed by atoms with Gasteiger partial charge in [-0.2, -0.15) is 0 Å². The third-order valence-corrected chi connectivity index (χ3v) is 4.44. The Bertz CT molecular complexity index is 493. The summed E-state index contributed by atoms with van der Waals surface area (Å²) < 4.78 is 5.17. The highest BCUT2D eigenvalue weighted by Crippen LogP contribution is 2.32. The maximum Gasteiger partial charge on any atom is 0.157 e. The Morgan fingerprint density at radius 1 is 1.39 bits per heavy atom. The van der Waals surface area contributed by atoms with Gasteiger partial charge in [-0.15, -0.1) is 21.5 Å². The van der Waals surface area contributed by atoms with Gasteiger partial charge in [0.2, 0.25) is 0 Å². The highest BCUT2D eigenvalue weighted by molar-refractivity contribution is 7.20. The minimum absolute atomic E-state index is 0.513. The van der Waals surface area contributed by atoms with E-state index in [1.54, 1.807) is 29.8 Å². The highest BCUT2D eigenvalue weighted by Gasteiger charge is 2.09. The second-order valence-electron chi connectivity index (χ2n) is 4.21. The van der Waals surface area contributed by atoms with Crippen molar-refractivity contribution in [2.24, 2.45) is 0 Å². The average Bonchev–Trinajstić information content (AvgIpc) is 2.95. The zero-order chi connectivity index (χ0) is 13.0. The van der Waals surface area contributed by atoms with E-state index in [9.17, 15) is 0 Å². The molecule has 2 aromatic rings. The molecule has 2 aromatic heterocycles. The molecule has 0 saturated heterocycles. The van der Waals surface area contributed by atoms with Crippen LogP contribution in [0.15, 0.2) is 11.4 Å². The second kappa shape index (κ2) is 6.26. The van der Waals surface area contributed by atoms with Gasteiger partial charge >= 0.3 is 0 Å². The summed E-state index contributed by atoms with van der Waals surface area (Å²) in [6, 6.07) is 2.51. The minimum atomic E-state index is 0.513. The predicted octanol–water partition coefficient (Wildman–Crippen LogP) is 2.82. The van der Waals surface area contributed by atoms with Crippen LogP contribution >= 0.6 is 22.7 Å². The lowest BCUT2D eigenvalue weighted by Gasteiger charge is -2.04. The standard InChI is InChI=1S/C12H17N3OS2/c1-8(2)13-5-4-11-14-15-12(18-11)10-6-9(16-3)7-17-10/h6-8,13H,4-5H2,1-3H3. The van der Waals surface area contributed by atoms with Crippen molar-refractivity contribution in [1.29, 1.82) is 0 Å². The fourth-order valence-electron chi connectivity index (χ4n) is 1.46. The Morgan fingerprint density at radius 2 is 2.22 bits per heavy atom. The van der Waals surface area contributed by atoms with Crippen LogP contribution in [0.5, 0.6) is 5.75 Å². The molecule has 2 heterocycles. The first-order valence-corrected chi connectivity index (χ1v) is 7.57. The van der Waals surface area contributed by atoms with Gasteiger partial charge in [0.05, 0.1) is 12.0 Å². The molecule has 0 bridgehead atoms. The fraction of sp³-hybridized carbons (Fsp3) is 0.500. The van der Waals surface area contributed by atoms with E-state index in [1.807, 2.05) is 11.4 Å². The lowest BCUT2D eigenvalue weighted by atomic mass is 10.3. The van der Waals surface area contributed by atoms with Crippen molar-refractivity contribution in [2.45, 2.75) is 26.3 Å². The Kier molecular flexibility index (Phi) is 4.68. The van der Waals surface area contributed by atoms with E-state index in [4.69, 9.17) is 4.74 Å². The van der Waals surface area contributed by atoms with Gasteiger partial charge in [0, 0.05) is 30.5 Å². The summed E-state index contributed by atoms with van der Waals surface area (Å²) in [5.74, 6) is 0.883. The van der Waals surface area contributed by atoms with E-state index in [1.165, 1.54) is 0 Å². The van der Waals surface area contributed by atoms with Gasteiger partial charge in [-0.1, -0.05) is 25.2 Å². The Hall–Kier alpha value is -0.980. The topological polar surface area (TPSA) is 47.0 Å². The van der Waals surface area contributed by atoms with Crippen molar-refractivity contribution in [3.63, 3.8) is 0 Å². The first-order valence-electron chi connectivity index (χ1n) is 5.87. The van der Waals surface area contributed by atoms with Crippen LogP contribution in [0.25, 0.3) is 9.88 Å². The van der Waals surface area contributed by atoms with Crippen LogP contribution in [-0.2, 0) is 6.42 Å². The Labute approximate surface area is 115 Å². The molecular weight excluding hydrogens is 266 g/mol. The normalized spacial score (nSPS) is 11.1. The van der Waals surface area contributed by atoms with Gasteiger partial charge in [0.1, 0.15) is 10.8 Å². The van der Waals surface area contributed by atoms with E-state index >= 15 is 0 Å². The second-order valence-corrected chi connectivity index (χ2v) is 6.18. The molecule has 0 aliphatic rings. The molecule has 0 spiro atoms. The van der Waals surface area contributed by atoms with E-state index in [0.717, 1.165) is 33.6 Å². The third-order valence-electron chi connectivity index (χ3n) is 2.38. The summed E-state index contributed by atoms with van der Waals surface area (Å²) in [4.78, 5) is 1.12. The molecule has 18 heavy (non-hydrogen) atoms. The molecule has 0 aromatic carbocycles. The molecule has 98 valence electrons. The molecule has 0 radical (unpaired) electrons. The molecule has 0 fully saturated rings. The van der Waals surface area contributed by atoms with Gasteiger partial charge in [-0.25, -0.2) is 0 Å². The lowest BCUT2D eigenvalue weighted by molar-refractivity contribution is 0.417. The number of thiophene rings is 1. The van der Waals surface area contributed by atoms with Gasteiger partial charge in [-0.05, 0) is 0 Å². The first-order chi connectivity index (χ1) is 8.69. The van der Waals surface area contributed by atoms with Crippen LogP contribution in [0.2, 0.25) is 0 Å². The zero-order valence-corrected chi connectivity index (χ0v) is 12.4. The number of aromatic nitrogens is 2. The summed E-state index contributed by atoms with van der Waals surface area (Å²) in [5, 5.41) is 15.9. The van der Waals surface area contributed by atoms with E-state index < -0.39 is 0 Å². The molecule has 0 unspecified atom stereocenters. The molecule has 4 nitrogen and oxygen atoms in total. The highest BCUT2D eigenvalue weighted by atomic mass is 32.1. The zero-order valence-electron chi connectivity index (χ0n) is 10.8. The molecule has 6 heteroatoms. The Morgan fingerprint density at radius 3 is 2.89 bits per heavy atom. The molecule has 0 saturated carbocycles. The number of hydrogen-bond acceptors (Lipinski definition) is 6. The summed E-state index contributed by atoms with van der Waals surface area (Å²) in [5.41, 5.74) is 0. The van der Waals surface area contributed by atoms with Crippen LogP contribution in [0.1, 0.15) is 18.9 Å². The van der Waals surface area contributed by atoms with Crippen LogP contribution in [-0.4, -0.2) is 29.9 Å². The van der Waals surface area contributed by atoms with Crippen molar-refractivity contribution in [2.75, 3.05) is 13.7 Å². The van der Waals surface area contributed by atoms with Gasteiger partial charge in [0.25, 0.3) is 0 Å². The SMILES string of the molecule is COc1csc(-c2nnc(CCNC(C)C)s2)c1. The summed E-state index contributed by atoms with van der Waals surface area (Å²) in [7, 11) is 1.68. The smallest absolute Gasteiger partial charge is 0.157 e. The number of rotatable bonds is 6. The van der Waals surface area contributed by atoms with Crippen LogP contribution < -0.4 is 10.1 Å². The van der Waals surface area contributed by atoms with Crippen molar-refractivity contribution >= 4 is 22.7 Å². The molecular formula is C12H17N3OS2. The van der Waals surface area contributed by atoms with Crippen molar-refractivity contribution in [1.82, 2.24) is 15.5 Å². The summed E-state index contributed by atoms with van der Waals surface area (Å²) >= 11 is 3.29. The fourth-order valence-corrected chi connectivity index (χ4v) is 3.21. The molecule has 0 aliphatic carbocycles. The van der Waals surface area contributed by atoms with Gasteiger partial charge in [0.15, 0.2) is 5.01 Å². The molecule has 0 amide bonds. The summed E-state index contributed by atoms with van der Waals surface area (Å²) in [6.45, 7) is 5.23. The largest absolute Gasteiger partial charge is 0.496 e. The molecule has 0 atom stereocenters. The molecule has 0 aliphatic heterocycles. The number of hydrogen-bond donors (Lipinski definition) is 1. The van der Waals surface area contributed by atoms with Crippen molar-refractivity contribution < 1.29 is 4.74 Å². The van der Waals surface area contributed by atoms with Gasteiger partial charge < -0.3 is 10.1 Å². The number of nitrogens with zero attached hydrogens (tertiary/aromatic N) is 2. The van der Waals surface area contributed by atoms with E-state index in [-0.39, 0.29) is 0 Å². The molecule has 2 rings (SSSR count). The minimum Gasteiger partial charge on any atom is -0.496 e. The quantitative estimate of drug-likeness (QED) is 0.885. The number of ether oxygens (including phenoxy) is 1. The van der Waals surface area contributed by atoms with Gasteiger partial charge in [-0.3, -0.25) is 0 Å². The predicted molar refractivity (Wildman–Crippen MR) is 76.6 cm³/mol. The van der Waals surface area contributed by atoms with Crippen molar-refractivity contribution in [3.05, 3.63) is 16.5 Å². The number of nitrogens with one attached hydrogen (secondary N) is 1. The van der Waals surface area contributed by atoms with Crippen molar-refractivity contribution in [3.8, 4) is 15.6 Å². The average molecular weight is 283 g/mol. The monoisotopic (exact) mass is 283 g/mol. The van der Waals surface area contributed by atoms with E-state index in [2.05, 4.69) is 29.4 Å². The van der Waals surface area contributed by atoms with E-state index in [0.29, 0.717) is 6.04 Å². The number of methoxy groups -OCH3 is 1.